The molecule has 7 nitrogen and oxygen atoms in total. The molecule has 2 aromatic carbocycles. The second-order valence-corrected chi connectivity index (χ2v) is 7.46. The zero-order valence-corrected chi connectivity index (χ0v) is 17.6. The number of ether oxygens (including phenoxy) is 2. The number of nitrogens with one attached hydrogen (secondary N) is 1. The van der Waals surface area contributed by atoms with Crippen LogP contribution < -0.4 is 14.8 Å². The van der Waals surface area contributed by atoms with Crippen LogP contribution in [0.1, 0.15) is 28.8 Å². The second-order valence-electron chi connectivity index (χ2n) is 7.46. The summed E-state index contributed by atoms with van der Waals surface area (Å²) in [5.41, 5.74) is 2.25. The van der Waals surface area contributed by atoms with Crippen LogP contribution in [0.4, 0.5) is 0 Å². The summed E-state index contributed by atoms with van der Waals surface area (Å²) in [6.07, 6.45) is 5.45. The van der Waals surface area contributed by atoms with Gasteiger partial charge in [0.15, 0.2) is 5.54 Å². The van der Waals surface area contributed by atoms with Crippen molar-refractivity contribution >= 4 is 5.91 Å². The summed E-state index contributed by atoms with van der Waals surface area (Å²) in [7, 11) is 3.19. The highest BCUT2D eigenvalue weighted by atomic mass is 16.5. The van der Waals surface area contributed by atoms with Crippen LogP contribution in [0.25, 0.3) is 0 Å². The van der Waals surface area contributed by atoms with Crippen molar-refractivity contribution in [3.05, 3.63) is 77.4 Å². The number of amides is 1. The molecular weight excluding hydrogens is 392 g/mol. The number of imidazole rings is 1. The molecule has 0 fully saturated rings. The van der Waals surface area contributed by atoms with Crippen molar-refractivity contribution in [3.63, 3.8) is 0 Å². The Bertz CT molecular complexity index is 1150. The fourth-order valence-electron chi connectivity index (χ4n) is 4.36. The largest absolute Gasteiger partial charge is 0.496 e. The van der Waals surface area contributed by atoms with Crippen LogP contribution in [0.5, 0.6) is 11.5 Å². The van der Waals surface area contributed by atoms with Crippen molar-refractivity contribution < 1.29 is 14.3 Å². The van der Waals surface area contributed by atoms with Crippen molar-refractivity contribution in [3.8, 4) is 17.6 Å². The molecule has 0 bridgehead atoms. The topological polar surface area (TPSA) is 89.2 Å². The molecule has 1 N–H and O–H groups in total. The monoisotopic (exact) mass is 416 g/mol. The first-order chi connectivity index (χ1) is 15.1. The van der Waals surface area contributed by atoms with Crippen molar-refractivity contribution in [2.24, 2.45) is 0 Å². The lowest BCUT2D eigenvalue weighted by Gasteiger charge is -2.32. The van der Waals surface area contributed by atoms with E-state index in [-0.39, 0.29) is 5.91 Å². The molecular formula is C24H24N4O3. The maximum Gasteiger partial charge on any atom is 0.251 e. The number of hydrogen-bond acceptors (Lipinski definition) is 5. The number of aryl methyl sites for hydroxylation is 1. The Labute approximate surface area is 181 Å². The molecule has 1 amide bonds. The van der Waals surface area contributed by atoms with Gasteiger partial charge in [0.25, 0.3) is 5.91 Å². The minimum absolute atomic E-state index is 0.123. The van der Waals surface area contributed by atoms with Gasteiger partial charge in [0.2, 0.25) is 0 Å². The van der Waals surface area contributed by atoms with E-state index in [4.69, 9.17) is 9.47 Å². The Morgan fingerprint density at radius 3 is 2.81 bits per heavy atom. The number of fused-ring (bicyclic) bond motifs is 1. The summed E-state index contributed by atoms with van der Waals surface area (Å²) in [5, 5.41) is 12.4. The van der Waals surface area contributed by atoms with Crippen molar-refractivity contribution in [1.29, 1.82) is 5.26 Å². The maximum atomic E-state index is 13.7. The van der Waals surface area contributed by atoms with E-state index in [0.717, 1.165) is 29.0 Å². The predicted octanol–water partition coefficient (Wildman–Crippen LogP) is 2.82. The number of benzene rings is 2. The standard InChI is InChI=1S/C24H24N4O3/c1-30-21-6-4-3-5-18(21)10-12-27-23(29)24(11-9-19-15-26-16-28(19)24)20-8-7-17(14-25)13-22(20)31-2/h3-8,13,15-16H,9-12H2,1-2H3,(H,27,29). The number of carbonyl (C=O) groups excluding carboxylic acids is 1. The zero-order chi connectivity index (χ0) is 21.8. The maximum absolute atomic E-state index is 13.7. The highest BCUT2D eigenvalue weighted by molar-refractivity contribution is 5.90. The van der Waals surface area contributed by atoms with E-state index in [1.54, 1.807) is 38.9 Å². The van der Waals surface area contributed by atoms with Gasteiger partial charge in [-0.3, -0.25) is 4.79 Å². The van der Waals surface area contributed by atoms with Crippen LogP contribution in [0, 0.1) is 11.3 Å². The lowest BCUT2D eigenvalue weighted by Crippen LogP contribution is -2.48. The van der Waals surface area contributed by atoms with E-state index in [0.29, 0.717) is 30.7 Å². The number of nitriles is 1. The third-order valence-electron chi connectivity index (χ3n) is 5.89. The molecule has 2 heterocycles. The summed E-state index contributed by atoms with van der Waals surface area (Å²) >= 11 is 0. The van der Waals surface area contributed by atoms with E-state index < -0.39 is 5.54 Å². The Morgan fingerprint density at radius 2 is 2.03 bits per heavy atom. The number of para-hydroxylation sites is 1. The number of methoxy groups -OCH3 is 2. The molecule has 0 spiro atoms. The normalized spacial score (nSPS) is 16.9. The van der Waals surface area contributed by atoms with Gasteiger partial charge < -0.3 is 19.4 Å². The Balaban J connectivity index is 1.66. The van der Waals surface area contributed by atoms with Crippen LogP contribution in [0.15, 0.2) is 55.0 Å². The summed E-state index contributed by atoms with van der Waals surface area (Å²) in [6, 6.07) is 15.1. The Kier molecular flexibility index (Phi) is 5.63. The summed E-state index contributed by atoms with van der Waals surface area (Å²) in [5.74, 6) is 1.20. The van der Waals surface area contributed by atoms with E-state index in [1.165, 1.54) is 0 Å². The van der Waals surface area contributed by atoms with E-state index >= 15 is 0 Å². The van der Waals surface area contributed by atoms with E-state index in [1.807, 2.05) is 34.9 Å². The fraction of sp³-hybridized carbons (Fsp3) is 0.292. The van der Waals surface area contributed by atoms with Gasteiger partial charge in [0, 0.05) is 24.0 Å². The molecule has 1 aliphatic rings. The van der Waals surface area contributed by atoms with Crippen molar-refractivity contribution in [2.75, 3.05) is 20.8 Å². The highest BCUT2D eigenvalue weighted by Crippen LogP contribution is 2.42. The highest BCUT2D eigenvalue weighted by Gasteiger charge is 2.48. The van der Waals surface area contributed by atoms with Crippen LogP contribution in [0.3, 0.4) is 0 Å². The predicted molar refractivity (Wildman–Crippen MR) is 115 cm³/mol. The van der Waals surface area contributed by atoms with Crippen LogP contribution in [0.2, 0.25) is 0 Å². The molecule has 7 heteroatoms. The van der Waals surface area contributed by atoms with Gasteiger partial charge in [0.1, 0.15) is 11.5 Å². The lowest BCUT2D eigenvalue weighted by atomic mass is 9.85. The third kappa shape index (κ3) is 3.50. The third-order valence-corrected chi connectivity index (χ3v) is 5.89. The van der Waals surface area contributed by atoms with Gasteiger partial charge in [-0.25, -0.2) is 4.98 Å². The summed E-state index contributed by atoms with van der Waals surface area (Å²) < 4.78 is 12.9. The molecule has 4 rings (SSSR count). The second kappa shape index (κ2) is 8.52. The minimum Gasteiger partial charge on any atom is -0.496 e. The number of hydrogen-bond donors (Lipinski definition) is 1. The quantitative estimate of drug-likeness (QED) is 0.640. The first-order valence-corrected chi connectivity index (χ1v) is 10.1. The van der Waals surface area contributed by atoms with E-state index in [9.17, 15) is 10.1 Å². The lowest BCUT2D eigenvalue weighted by molar-refractivity contribution is -0.127. The van der Waals surface area contributed by atoms with Gasteiger partial charge in [-0.15, -0.1) is 0 Å². The Hall–Kier alpha value is -3.79. The fourth-order valence-corrected chi connectivity index (χ4v) is 4.36. The molecule has 3 aromatic rings. The van der Waals surface area contributed by atoms with Gasteiger partial charge in [-0.1, -0.05) is 24.3 Å². The molecule has 0 saturated carbocycles. The number of rotatable bonds is 7. The van der Waals surface area contributed by atoms with Gasteiger partial charge in [-0.2, -0.15) is 5.26 Å². The molecule has 1 atom stereocenters. The van der Waals surface area contributed by atoms with Crippen molar-refractivity contribution in [1.82, 2.24) is 14.9 Å². The Morgan fingerprint density at radius 1 is 1.23 bits per heavy atom. The first-order valence-electron chi connectivity index (χ1n) is 10.1. The molecule has 0 radical (unpaired) electrons. The number of aromatic nitrogens is 2. The smallest absolute Gasteiger partial charge is 0.251 e. The SMILES string of the molecule is COc1ccccc1CCNC(=O)C1(c2ccc(C#N)cc2OC)CCc2cncn21. The molecule has 1 unspecified atom stereocenters. The first kappa shape index (κ1) is 20.5. The zero-order valence-electron chi connectivity index (χ0n) is 17.6. The van der Waals surface area contributed by atoms with Gasteiger partial charge in [-0.05, 0) is 43.0 Å². The number of carbonyl (C=O) groups is 1. The van der Waals surface area contributed by atoms with Crippen molar-refractivity contribution in [2.45, 2.75) is 24.8 Å². The van der Waals surface area contributed by atoms with E-state index in [2.05, 4.69) is 16.4 Å². The average molecular weight is 416 g/mol. The number of nitrogens with zero attached hydrogens (tertiary/aromatic N) is 3. The molecule has 1 aromatic heterocycles. The minimum atomic E-state index is -0.980. The average Bonchev–Trinajstić information content (AvgIpc) is 3.42. The molecule has 0 aliphatic carbocycles. The summed E-state index contributed by atoms with van der Waals surface area (Å²) in [4.78, 5) is 17.9. The van der Waals surface area contributed by atoms with Gasteiger partial charge >= 0.3 is 0 Å². The van der Waals surface area contributed by atoms with Gasteiger partial charge in [0.05, 0.1) is 32.2 Å². The van der Waals surface area contributed by atoms with Crippen LogP contribution in [-0.2, 0) is 23.2 Å². The molecule has 31 heavy (non-hydrogen) atoms. The molecule has 158 valence electrons. The van der Waals surface area contributed by atoms with Crippen LogP contribution >= 0.6 is 0 Å². The van der Waals surface area contributed by atoms with Crippen LogP contribution in [-0.4, -0.2) is 36.2 Å². The molecule has 1 aliphatic heterocycles. The summed E-state index contributed by atoms with van der Waals surface area (Å²) in [6.45, 7) is 0.462. The molecule has 0 saturated heterocycles.